The highest BCUT2D eigenvalue weighted by Crippen LogP contribution is 2.60. The molecule has 1 unspecified atom stereocenters. The lowest BCUT2D eigenvalue weighted by molar-refractivity contribution is -0.135. The van der Waals surface area contributed by atoms with Crippen LogP contribution in [0.1, 0.15) is 169 Å². The zero-order chi connectivity index (χ0) is 41.4. The summed E-state index contributed by atoms with van der Waals surface area (Å²) < 4.78 is 20.5. The summed E-state index contributed by atoms with van der Waals surface area (Å²) in [7, 11) is 0. The third-order valence-electron chi connectivity index (χ3n) is 15.6. The van der Waals surface area contributed by atoms with Crippen LogP contribution in [0.5, 0.6) is 0 Å². The Labute approximate surface area is 353 Å². The topological polar surface area (TPSA) is 147 Å². The minimum absolute atomic E-state index is 0.108. The predicted octanol–water partition coefficient (Wildman–Crippen LogP) is 8.25. The SMILES string of the molecule is CCCCCCCCN(CCCNCCCN)CCC[C@@H](C)[C@H]1CC[C@H]2C[C@H](OCCCN)CC3C[C@H](OCCCN)CC[C@]3(C)[C@H](C)C[C@H](OCCCN)[C@@]21C. The second kappa shape index (κ2) is 29.0. The number of nitrogens with two attached hydrogens (primary N) is 4. The van der Waals surface area contributed by atoms with Gasteiger partial charge in [-0.3, -0.25) is 0 Å². The Bertz CT molecular complexity index is 978. The summed E-state index contributed by atoms with van der Waals surface area (Å²) in [4.78, 5) is 2.79. The molecule has 0 amide bonds. The molecule has 0 bridgehead atoms. The first-order valence-electron chi connectivity index (χ1n) is 24.8. The summed E-state index contributed by atoms with van der Waals surface area (Å²) >= 11 is 0. The molecular formula is C48H98N6O3. The van der Waals surface area contributed by atoms with Crippen LogP contribution < -0.4 is 28.3 Å². The maximum atomic E-state index is 7.17. The van der Waals surface area contributed by atoms with Crippen LogP contribution in [0.3, 0.4) is 0 Å². The molecule has 0 aliphatic heterocycles. The molecular weight excluding hydrogens is 709 g/mol. The monoisotopic (exact) mass is 807 g/mol. The minimum atomic E-state index is 0.108. The summed E-state index contributed by atoms with van der Waals surface area (Å²) in [6.07, 6.45) is 26.1. The van der Waals surface area contributed by atoms with Gasteiger partial charge in [0.05, 0.1) is 18.3 Å². The van der Waals surface area contributed by atoms with Crippen molar-refractivity contribution in [1.82, 2.24) is 10.2 Å². The number of rotatable bonds is 31. The fourth-order valence-electron chi connectivity index (χ4n) is 11.6. The molecule has 3 fully saturated rings. The van der Waals surface area contributed by atoms with E-state index in [9.17, 15) is 0 Å². The van der Waals surface area contributed by atoms with Crippen LogP contribution in [-0.2, 0) is 14.2 Å². The Morgan fingerprint density at radius 2 is 1.21 bits per heavy atom. The van der Waals surface area contributed by atoms with E-state index in [2.05, 4.69) is 44.8 Å². The van der Waals surface area contributed by atoms with E-state index in [0.29, 0.717) is 55.3 Å². The molecule has 0 aromatic heterocycles. The second-order valence-corrected chi connectivity index (χ2v) is 19.6. The summed E-state index contributed by atoms with van der Waals surface area (Å²) in [5.74, 6) is 3.01. The van der Waals surface area contributed by atoms with Crippen molar-refractivity contribution in [2.45, 2.75) is 188 Å². The van der Waals surface area contributed by atoms with Gasteiger partial charge in [-0.1, -0.05) is 66.7 Å². The van der Waals surface area contributed by atoms with Crippen molar-refractivity contribution < 1.29 is 14.2 Å². The fourth-order valence-corrected chi connectivity index (χ4v) is 11.6. The van der Waals surface area contributed by atoms with E-state index in [0.717, 1.165) is 97.2 Å². The smallest absolute Gasteiger partial charge is 0.0636 e. The lowest BCUT2D eigenvalue weighted by atomic mass is 9.54. The van der Waals surface area contributed by atoms with Crippen LogP contribution in [0, 0.1) is 40.4 Å². The van der Waals surface area contributed by atoms with Crippen LogP contribution in [-0.4, -0.2) is 102 Å². The first-order chi connectivity index (χ1) is 27.7. The zero-order valence-electron chi connectivity index (χ0n) is 38.4. The molecule has 9 N–H and O–H groups in total. The van der Waals surface area contributed by atoms with E-state index >= 15 is 0 Å². The van der Waals surface area contributed by atoms with Crippen molar-refractivity contribution >= 4 is 0 Å². The zero-order valence-corrected chi connectivity index (χ0v) is 38.4. The standard InChI is InChI=1S/C48H98N6O3/c1-6-7-8-9-10-11-29-54(31-17-28-53-27-13-23-49)30-12-18-39(2)45-20-19-41-36-44(56-33-15-25-51)38-42-37-43(55-32-14-24-50)21-22-47(42,4)40(3)35-46(48(41,45)5)57-34-16-26-52/h39-46,53H,6-38,49-52H2,1-5H3/t39-,40-,41+,42?,43-,44+,45-,46+,47-,48+/m1/s1. The molecule has 3 saturated carbocycles. The van der Waals surface area contributed by atoms with Gasteiger partial charge in [-0.25, -0.2) is 0 Å². The van der Waals surface area contributed by atoms with Gasteiger partial charge >= 0.3 is 0 Å². The summed E-state index contributed by atoms with van der Waals surface area (Å²) in [6.45, 7) is 23.6. The maximum Gasteiger partial charge on any atom is 0.0636 e. The molecule has 3 aliphatic rings. The van der Waals surface area contributed by atoms with Crippen molar-refractivity contribution in [2.24, 2.45) is 63.4 Å². The quantitative estimate of drug-likeness (QED) is 0.0437. The van der Waals surface area contributed by atoms with E-state index in [-0.39, 0.29) is 23.0 Å². The van der Waals surface area contributed by atoms with E-state index < -0.39 is 0 Å². The average Bonchev–Trinajstić information content (AvgIpc) is 3.53. The van der Waals surface area contributed by atoms with Crippen LogP contribution in [0.25, 0.3) is 0 Å². The minimum Gasteiger partial charge on any atom is -0.378 e. The number of nitrogens with one attached hydrogen (secondary N) is 1. The highest BCUT2D eigenvalue weighted by atomic mass is 16.5. The van der Waals surface area contributed by atoms with Crippen LogP contribution in [0.2, 0.25) is 0 Å². The molecule has 3 aliphatic carbocycles. The molecule has 10 atom stereocenters. The van der Waals surface area contributed by atoms with Crippen molar-refractivity contribution in [1.29, 1.82) is 0 Å². The Kier molecular flexibility index (Phi) is 26.0. The lowest BCUT2D eigenvalue weighted by Crippen LogP contribution is -2.51. The largest absolute Gasteiger partial charge is 0.378 e. The van der Waals surface area contributed by atoms with Crippen LogP contribution in [0.15, 0.2) is 0 Å². The van der Waals surface area contributed by atoms with Gasteiger partial charge in [0.2, 0.25) is 0 Å². The third kappa shape index (κ3) is 16.8. The molecule has 0 saturated heterocycles. The van der Waals surface area contributed by atoms with Crippen LogP contribution in [0.4, 0.5) is 0 Å². The summed E-state index contributed by atoms with van der Waals surface area (Å²) in [6, 6.07) is 0. The van der Waals surface area contributed by atoms with E-state index in [1.54, 1.807) is 0 Å². The highest BCUT2D eigenvalue weighted by molar-refractivity contribution is 5.05. The fraction of sp³-hybridized carbons (Fsp3) is 1.00. The number of ether oxygens (including phenoxy) is 3. The molecule has 9 nitrogen and oxygen atoms in total. The van der Waals surface area contributed by atoms with E-state index in [1.165, 1.54) is 96.7 Å². The summed E-state index contributed by atoms with van der Waals surface area (Å²) in [5.41, 5.74) is 24.0. The number of hydrogen-bond donors (Lipinski definition) is 5. The molecule has 0 aromatic rings. The molecule has 0 spiro atoms. The van der Waals surface area contributed by atoms with Gasteiger partial charge in [0.15, 0.2) is 0 Å². The van der Waals surface area contributed by atoms with Gasteiger partial charge in [0.25, 0.3) is 0 Å². The van der Waals surface area contributed by atoms with Gasteiger partial charge in [-0.05, 0) is 202 Å². The Morgan fingerprint density at radius 3 is 1.91 bits per heavy atom. The van der Waals surface area contributed by atoms with E-state index in [4.69, 9.17) is 37.1 Å². The summed E-state index contributed by atoms with van der Waals surface area (Å²) in [5, 5.41) is 3.61. The molecule has 9 heteroatoms. The van der Waals surface area contributed by atoms with Gasteiger partial charge in [0, 0.05) is 19.8 Å². The maximum absolute atomic E-state index is 7.17. The number of fused-ring (bicyclic) bond motifs is 2. The van der Waals surface area contributed by atoms with E-state index in [1.807, 2.05) is 0 Å². The Balaban J connectivity index is 1.79. The predicted molar refractivity (Wildman–Crippen MR) is 242 cm³/mol. The molecule has 338 valence electrons. The number of hydrogen-bond acceptors (Lipinski definition) is 9. The first kappa shape index (κ1) is 51.0. The Morgan fingerprint density at radius 1 is 0.632 bits per heavy atom. The van der Waals surface area contributed by atoms with Crippen molar-refractivity contribution in [3.05, 3.63) is 0 Å². The molecule has 0 radical (unpaired) electrons. The third-order valence-corrected chi connectivity index (χ3v) is 15.6. The lowest BCUT2D eigenvalue weighted by Gasteiger charge is -2.54. The molecule has 3 rings (SSSR count). The number of unbranched alkanes of at least 4 members (excludes halogenated alkanes) is 5. The highest BCUT2D eigenvalue weighted by Gasteiger charge is 2.56. The van der Waals surface area contributed by atoms with Crippen molar-refractivity contribution in [3.8, 4) is 0 Å². The molecule has 57 heavy (non-hydrogen) atoms. The molecule has 0 heterocycles. The van der Waals surface area contributed by atoms with Gasteiger partial charge < -0.3 is 47.4 Å². The molecule has 0 aromatic carbocycles. The van der Waals surface area contributed by atoms with Gasteiger partial charge in [-0.15, -0.1) is 0 Å². The van der Waals surface area contributed by atoms with Gasteiger partial charge in [0.1, 0.15) is 0 Å². The van der Waals surface area contributed by atoms with Crippen molar-refractivity contribution in [3.63, 3.8) is 0 Å². The van der Waals surface area contributed by atoms with Gasteiger partial charge in [-0.2, -0.15) is 0 Å². The number of nitrogens with zero attached hydrogens (tertiary/aromatic N) is 1. The normalized spacial score (nSPS) is 31.4. The van der Waals surface area contributed by atoms with Crippen molar-refractivity contribution in [2.75, 3.05) is 78.7 Å². The van der Waals surface area contributed by atoms with Crippen LogP contribution >= 0.6 is 0 Å². The first-order valence-corrected chi connectivity index (χ1v) is 24.8. The average molecular weight is 807 g/mol. The Hall–Kier alpha value is -0.360. The second-order valence-electron chi connectivity index (χ2n) is 19.6.